The molecule has 2 heterocycles. The third-order valence-electron chi connectivity index (χ3n) is 2.66. The van der Waals surface area contributed by atoms with Gasteiger partial charge >= 0.3 is 5.97 Å². The predicted molar refractivity (Wildman–Crippen MR) is 58.7 cm³/mol. The summed E-state index contributed by atoms with van der Waals surface area (Å²) in [4.78, 5) is 15.9. The van der Waals surface area contributed by atoms with E-state index in [9.17, 15) is 4.79 Å². The van der Waals surface area contributed by atoms with Gasteiger partial charge in [-0.25, -0.2) is 9.78 Å². The minimum Gasteiger partial charge on any atom is -0.476 e. The lowest BCUT2D eigenvalue weighted by atomic mass is 10.0. The van der Waals surface area contributed by atoms with E-state index in [1.54, 1.807) is 0 Å². The van der Waals surface area contributed by atoms with E-state index in [0.29, 0.717) is 5.92 Å². The summed E-state index contributed by atoms with van der Waals surface area (Å²) in [6, 6.07) is 0. The maximum absolute atomic E-state index is 10.8. The fraction of sp³-hybridized carbons (Fsp3) is 0.600. The Balaban J connectivity index is 2.21. The smallest absolute Gasteiger partial charge is 0.355 e. The van der Waals surface area contributed by atoms with Crippen molar-refractivity contribution in [3.8, 4) is 0 Å². The Morgan fingerprint density at radius 2 is 2.47 bits per heavy atom. The quantitative estimate of drug-likeness (QED) is 0.804. The molecule has 15 heavy (non-hydrogen) atoms. The lowest BCUT2D eigenvalue weighted by Crippen LogP contribution is -2.28. The van der Waals surface area contributed by atoms with Crippen molar-refractivity contribution >= 4 is 17.3 Å². The Bertz CT molecular complexity index is 369. The second kappa shape index (κ2) is 4.28. The topological polar surface area (TPSA) is 62.2 Å². The second-order valence-electron chi connectivity index (χ2n) is 3.81. The zero-order valence-corrected chi connectivity index (χ0v) is 9.43. The molecule has 1 saturated heterocycles. The number of aromatic nitrogens is 1. The van der Waals surface area contributed by atoms with Crippen LogP contribution in [0.25, 0.3) is 0 Å². The Kier molecular flexibility index (Phi) is 3.02. The molecular weight excluding hydrogens is 212 g/mol. The van der Waals surface area contributed by atoms with Gasteiger partial charge in [0, 0.05) is 17.3 Å². The van der Waals surface area contributed by atoms with E-state index in [1.807, 2.05) is 6.92 Å². The van der Waals surface area contributed by atoms with Crippen LogP contribution in [-0.2, 0) is 0 Å². The molecule has 1 unspecified atom stereocenters. The third kappa shape index (κ3) is 2.18. The molecule has 0 bridgehead atoms. The van der Waals surface area contributed by atoms with Crippen molar-refractivity contribution in [3.05, 3.63) is 15.6 Å². The third-order valence-corrected chi connectivity index (χ3v) is 3.80. The Morgan fingerprint density at radius 1 is 1.67 bits per heavy atom. The number of aryl methyl sites for hydroxylation is 1. The molecule has 0 spiro atoms. The number of hydrogen-bond acceptors (Lipinski definition) is 4. The number of nitrogens with zero attached hydrogens (tertiary/aromatic N) is 1. The average Bonchev–Trinajstić information content (AvgIpc) is 2.62. The molecule has 1 aromatic heterocycles. The first kappa shape index (κ1) is 10.6. The van der Waals surface area contributed by atoms with Crippen molar-refractivity contribution in [2.24, 2.45) is 0 Å². The Morgan fingerprint density at radius 3 is 3.00 bits per heavy atom. The summed E-state index contributed by atoms with van der Waals surface area (Å²) in [6.07, 6.45) is 2.25. The van der Waals surface area contributed by atoms with Crippen LogP contribution in [0.3, 0.4) is 0 Å². The highest BCUT2D eigenvalue weighted by molar-refractivity contribution is 7.12. The standard InChI is InChI=1S/C10H14N2O2S/c1-6-8(10(13)14)12-9(15-6)7-3-2-4-11-5-7/h7,11H,2-5H2,1H3,(H,13,14). The van der Waals surface area contributed by atoms with Crippen molar-refractivity contribution in [1.29, 1.82) is 0 Å². The fourth-order valence-corrected chi connectivity index (χ4v) is 2.90. The first-order valence-electron chi connectivity index (χ1n) is 5.10. The summed E-state index contributed by atoms with van der Waals surface area (Å²) in [5.41, 5.74) is 0.223. The van der Waals surface area contributed by atoms with E-state index in [0.717, 1.165) is 35.8 Å². The molecule has 1 fully saturated rings. The number of rotatable bonds is 2. The zero-order chi connectivity index (χ0) is 10.8. The van der Waals surface area contributed by atoms with Gasteiger partial charge in [0.05, 0.1) is 5.01 Å². The maximum Gasteiger partial charge on any atom is 0.355 e. The molecule has 82 valence electrons. The van der Waals surface area contributed by atoms with Crippen LogP contribution in [0.4, 0.5) is 0 Å². The molecule has 2 rings (SSSR count). The minimum absolute atomic E-state index is 0.223. The van der Waals surface area contributed by atoms with Gasteiger partial charge in [-0.2, -0.15) is 0 Å². The number of aromatic carboxylic acids is 1. The van der Waals surface area contributed by atoms with E-state index < -0.39 is 5.97 Å². The van der Waals surface area contributed by atoms with Gasteiger partial charge < -0.3 is 10.4 Å². The van der Waals surface area contributed by atoms with Crippen LogP contribution in [-0.4, -0.2) is 29.1 Å². The molecule has 0 radical (unpaired) electrons. The van der Waals surface area contributed by atoms with Crippen molar-refractivity contribution < 1.29 is 9.90 Å². The van der Waals surface area contributed by atoms with Gasteiger partial charge in [-0.3, -0.25) is 0 Å². The average molecular weight is 226 g/mol. The highest BCUT2D eigenvalue weighted by Gasteiger charge is 2.22. The van der Waals surface area contributed by atoms with Crippen molar-refractivity contribution in [3.63, 3.8) is 0 Å². The van der Waals surface area contributed by atoms with Gasteiger partial charge in [0.1, 0.15) is 0 Å². The number of hydrogen-bond donors (Lipinski definition) is 2. The summed E-state index contributed by atoms with van der Waals surface area (Å²) in [6.45, 7) is 3.81. The fourth-order valence-electron chi connectivity index (χ4n) is 1.85. The van der Waals surface area contributed by atoms with Crippen LogP contribution in [0.2, 0.25) is 0 Å². The number of thiazole rings is 1. The molecule has 1 aliphatic heterocycles. The molecule has 0 saturated carbocycles. The van der Waals surface area contributed by atoms with Gasteiger partial charge in [-0.15, -0.1) is 11.3 Å². The lowest BCUT2D eigenvalue weighted by molar-refractivity contribution is 0.0690. The van der Waals surface area contributed by atoms with Crippen LogP contribution < -0.4 is 5.32 Å². The van der Waals surface area contributed by atoms with Crippen molar-refractivity contribution in [2.75, 3.05) is 13.1 Å². The first-order chi connectivity index (χ1) is 7.18. The van der Waals surface area contributed by atoms with E-state index in [-0.39, 0.29) is 5.69 Å². The summed E-state index contributed by atoms with van der Waals surface area (Å²) in [5.74, 6) is -0.519. The number of carboxylic acid groups (broad SMARTS) is 1. The van der Waals surface area contributed by atoms with Crippen LogP contribution in [0.1, 0.15) is 39.1 Å². The number of nitrogens with one attached hydrogen (secondary N) is 1. The monoisotopic (exact) mass is 226 g/mol. The number of carboxylic acids is 1. The van der Waals surface area contributed by atoms with Gasteiger partial charge in [0.2, 0.25) is 0 Å². The zero-order valence-electron chi connectivity index (χ0n) is 8.62. The molecule has 1 aromatic rings. The van der Waals surface area contributed by atoms with E-state index in [1.165, 1.54) is 11.3 Å². The molecule has 1 atom stereocenters. The summed E-state index contributed by atoms with van der Waals surface area (Å²) >= 11 is 1.52. The molecule has 2 N–H and O–H groups in total. The lowest BCUT2D eigenvalue weighted by Gasteiger charge is -2.20. The van der Waals surface area contributed by atoms with Crippen LogP contribution >= 0.6 is 11.3 Å². The summed E-state index contributed by atoms with van der Waals surface area (Å²) < 4.78 is 0. The van der Waals surface area contributed by atoms with Crippen LogP contribution in [0, 0.1) is 6.92 Å². The first-order valence-corrected chi connectivity index (χ1v) is 5.91. The highest BCUT2D eigenvalue weighted by atomic mass is 32.1. The van der Waals surface area contributed by atoms with Crippen molar-refractivity contribution in [1.82, 2.24) is 10.3 Å². The van der Waals surface area contributed by atoms with Gasteiger partial charge in [0.15, 0.2) is 5.69 Å². The normalized spacial score (nSPS) is 21.5. The molecule has 5 heteroatoms. The largest absolute Gasteiger partial charge is 0.476 e. The SMILES string of the molecule is Cc1sc(C2CCCNC2)nc1C(=O)O. The molecule has 0 aromatic carbocycles. The van der Waals surface area contributed by atoms with Crippen LogP contribution in [0.5, 0.6) is 0 Å². The van der Waals surface area contributed by atoms with Crippen molar-refractivity contribution in [2.45, 2.75) is 25.7 Å². The van der Waals surface area contributed by atoms with E-state index in [4.69, 9.17) is 5.11 Å². The molecule has 4 nitrogen and oxygen atoms in total. The summed E-state index contributed by atoms with van der Waals surface area (Å²) in [5, 5.41) is 13.2. The molecule has 0 aliphatic carbocycles. The van der Waals surface area contributed by atoms with E-state index in [2.05, 4.69) is 10.3 Å². The van der Waals surface area contributed by atoms with Gasteiger partial charge in [-0.1, -0.05) is 0 Å². The number of piperidine rings is 1. The van der Waals surface area contributed by atoms with Gasteiger partial charge in [0.25, 0.3) is 0 Å². The van der Waals surface area contributed by atoms with Crippen LogP contribution in [0.15, 0.2) is 0 Å². The Hall–Kier alpha value is -0.940. The highest BCUT2D eigenvalue weighted by Crippen LogP contribution is 2.28. The maximum atomic E-state index is 10.8. The molecular formula is C10H14N2O2S. The Labute approximate surface area is 92.3 Å². The van der Waals surface area contributed by atoms with E-state index >= 15 is 0 Å². The second-order valence-corrected chi connectivity index (χ2v) is 5.04. The molecule has 0 amide bonds. The predicted octanol–water partition coefficient (Wildman–Crippen LogP) is 1.62. The summed E-state index contributed by atoms with van der Waals surface area (Å²) in [7, 11) is 0. The minimum atomic E-state index is -0.918. The molecule has 1 aliphatic rings. The number of carbonyl (C=O) groups is 1. The van der Waals surface area contributed by atoms with Gasteiger partial charge in [-0.05, 0) is 26.3 Å².